The van der Waals surface area contributed by atoms with Crippen molar-refractivity contribution in [1.29, 1.82) is 0 Å². The predicted molar refractivity (Wildman–Crippen MR) is 134 cm³/mol. The summed E-state index contributed by atoms with van der Waals surface area (Å²) in [6, 6.07) is 14.7. The van der Waals surface area contributed by atoms with Crippen molar-refractivity contribution in [3.63, 3.8) is 0 Å². The van der Waals surface area contributed by atoms with Gasteiger partial charge < -0.3 is 20.1 Å². The summed E-state index contributed by atoms with van der Waals surface area (Å²) < 4.78 is 11.6. The van der Waals surface area contributed by atoms with Crippen molar-refractivity contribution in [2.75, 3.05) is 23.8 Å². The van der Waals surface area contributed by atoms with Gasteiger partial charge in [0.25, 0.3) is 0 Å². The Labute approximate surface area is 193 Å². The number of carbonyl (C=O) groups excluding carboxylic acids is 1. The minimum Gasteiger partial charge on any atom is -0.494 e. The fraction of sp³-hybridized carbons (Fsp3) is 0.519. The van der Waals surface area contributed by atoms with Crippen molar-refractivity contribution in [3.05, 3.63) is 48.5 Å². The number of rotatable bonds is 16. The summed E-state index contributed by atoms with van der Waals surface area (Å²) in [5, 5.41) is 5.74. The second kappa shape index (κ2) is 16.0. The lowest BCUT2D eigenvalue weighted by Crippen LogP contribution is -2.19. The van der Waals surface area contributed by atoms with Crippen LogP contribution in [0.5, 0.6) is 11.5 Å². The molecule has 0 aliphatic heterocycles. The minimum atomic E-state index is -0.293. The van der Waals surface area contributed by atoms with E-state index >= 15 is 0 Å². The van der Waals surface area contributed by atoms with Crippen LogP contribution < -0.4 is 20.1 Å². The Morgan fingerprint density at radius 2 is 1.09 bits per heavy atom. The van der Waals surface area contributed by atoms with E-state index in [1.807, 2.05) is 48.5 Å². The summed E-state index contributed by atoms with van der Waals surface area (Å²) in [5.74, 6) is 1.54. The van der Waals surface area contributed by atoms with Crippen molar-refractivity contribution in [2.45, 2.75) is 78.1 Å². The van der Waals surface area contributed by atoms with Crippen LogP contribution in [0.1, 0.15) is 78.1 Å². The second-order valence-electron chi connectivity index (χ2n) is 8.16. The number of urea groups is 1. The molecule has 0 saturated carbocycles. The van der Waals surface area contributed by atoms with E-state index in [1.54, 1.807) is 0 Å². The molecule has 176 valence electrons. The molecule has 0 unspecified atom stereocenters. The lowest BCUT2D eigenvalue weighted by Gasteiger charge is -2.11. The van der Waals surface area contributed by atoms with Crippen LogP contribution in [0.15, 0.2) is 48.5 Å². The van der Waals surface area contributed by atoms with Crippen LogP contribution in [-0.4, -0.2) is 19.2 Å². The van der Waals surface area contributed by atoms with Crippen molar-refractivity contribution in [1.82, 2.24) is 0 Å². The van der Waals surface area contributed by atoms with Crippen LogP contribution in [0.25, 0.3) is 0 Å². The third kappa shape index (κ3) is 11.1. The molecule has 0 aromatic heterocycles. The first-order chi connectivity index (χ1) is 15.7. The van der Waals surface area contributed by atoms with Gasteiger partial charge in [0, 0.05) is 23.5 Å². The van der Waals surface area contributed by atoms with E-state index in [0.717, 1.165) is 24.3 Å². The Balaban J connectivity index is 1.74. The third-order valence-corrected chi connectivity index (χ3v) is 5.22. The van der Waals surface area contributed by atoms with Gasteiger partial charge in [0.1, 0.15) is 11.5 Å². The predicted octanol–water partition coefficient (Wildman–Crippen LogP) is 8.03. The quantitative estimate of drug-likeness (QED) is 0.260. The Morgan fingerprint density at radius 3 is 1.53 bits per heavy atom. The fourth-order valence-electron chi connectivity index (χ4n) is 3.41. The number of nitrogens with one attached hydrogen (secondary N) is 2. The molecule has 5 heteroatoms. The lowest BCUT2D eigenvalue weighted by molar-refractivity contribution is 0.262. The number of unbranched alkanes of at least 4 members (excludes halogenated alkanes) is 8. The average molecular weight is 441 g/mol. The Kier molecular flexibility index (Phi) is 12.8. The zero-order chi connectivity index (χ0) is 22.9. The highest BCUT2D eigenvalue weighted by molar-refractivity contribution is 5.99. The van der Waals surface area contributed by atoms with Gasteiger partial charge in [-0.1, -0.05) is 77.3 Å². The monoisotopic (exact) mass is 440 g/mol. The SMILES string of the molecule is CCCCCCCOc1cccc(NC(=O)Nc2cccc(OCCCCCCC)c2)c1. The van der Waals surface area contributed by atoms with E-state index in [2.05, 4.69) is 24.5 Å². The lowest BCUT2D eigenvalue weighted by atomic mass is 10.2. The molecule has 0 radical (unpaired) electrons. The molecule has 2 rings (SSSR count). The summed E-state index contributed by atoms with van der Waals surface area (Å²) in [7, 11) is 0. The molecular weight excluding hydrogens is 400 g/mol. The highest BCUT2D eigenvalue weighted by atomic mass is 16.5. The zero-order valence-corrected chi connectivity index (χ0v) is 19.8. The number of hydrogen-bond donors (Lipinski definition) is 2. The van der Waals surface area contributed by atoms with E-state index in [0.29, 0.717) is 24.6 Å². The molecular formula is C27H40N2O3. The molecule has 2 aromatic carbocycles. The van der Waals surface area contributed by atoms with Crippen molar-refractivity contribution in [2.24, 2.45) is 0 Å². The summed E-state index contributed by atoms with van der Waals surface area (Å²) >= 11 is 0. The van der Waals surface area contributed by atoms with Crippen LogP contribution >= 0.6 is 0 Å². The minimum absolute atomic E-state index is 0.293. The Hall–Kier alpha value is -2.69. The molecule has 0 heterocycles. The maximum Gasteiger partial charge on any atom is 0.323 e. The second-order valence-corrected chi connectivity index (χ2v) is 8.16. The van der Waals surface area contributed by atoms with Gasteiger partial charge in [0.05, 0.1) is 13.2 Å². The maximum atomic E-state index is 12.4. The van der Waals surface area contributed by atoms with E-state index in [4.69, 9.17) is 9.47 Å². The molecule has 0 aliphatic carbocycles. The summed E-state index contributed by atoms with van der Waals surface area (Å²) in [6.45, 7) is 5.83. The maximum absolute atomic E-state index is 12.4. The van der Waals surface area contributed by atoms with E-state index in [1.165, 1.54) is 51.4 Å². The van der Waals surface area contributed by atoms with Crippen LogP contribution in [0.4, 0.5) is 16.2 Å². The summed E-state index contributed by atoms with van der Waals surface area (Å²) in [5.41, 5.74) is 1.40. The number of amides is 2. The van der Waals surface area contributed by atoms with Crippen LogP contribution in [-0.2, 0) is 0 Å². The number of hydrogen-bond acceptors (Lipinski definition) is 3. The smallest absolute Gasteiger partial charge is 0.323 e. The fourth-order valence-corrected chi connectivity index (χ4v) is 3.41. The van der Waals surface area contributed by atoms with Crippen molar-refractivity contribution < 1.29 is 14.3 Å². The molecule has 0 atom stereocenters. The molecule has 2 amide bonds. The normalized spacial score (nSPS) is 10.6. The van der Waals surface area contributed by atoms with E-state index in [-0.39, 0.29) is 6.03 Å². The van der Waals surface area contributed by atoms with Crippen LogP contribution in [0.2, 0.25) is 0 Å². The number of carbonyl (C=O) groups is 1. The Morgan fingerprint density at radius 1 is 0.656 bits per heavy atom. The Bertz CT molecular complexity index is 716. The largest absolute Gasteiger partial charge is 0.494 e. The van der Waals surface area contributed by atoms with Gasteiger partial charge in [-0.05, 0) is 37.1 Å². The third-order valence-electron chi connectivity index (χ3n) is 5.22. The first-order valence-corrected chi connectivity index (χ1v) is 12.2. The number of anilines is 2. The molecule has 2 N–H and O–H groups in total. The van der Waals surface area contributed by atoms with Gasteiger partial charge in [-0.3, -0.25) is 0 Å². The van der Waals surface area contributed by atoms with Gasteiger partial charge in [-0.2, -0.15) is 0 Å². The molecule has 2 aromatic rings. The number of benzene rings is 2. The van der Waals surface area contributed by atoms with Gasteiger partial charge in [-0.25, -0.2) is 4.79 Å². The van der Waals surface area contributed by atoms with Gasteiger partial charge >= 0.3 is 6.03 Å². The summed E-state index contributed by atoms with van der Waals surface area (Å²) in [6.07, 6.45) is 12.0. The number of ether oxygens (including phenoxy) is 2. The molecule has 0 spiro atoms. The molecule has 0 bridgehead atoms. The summed E-state index contributed by atoms with van der Waals surface area (Å²) in [4.78, 5) is 12.4. The molecule has 32 heavy (non-hydrogen) atoms. The molecule has 0 aliphatic rings. The topological polar surface area (TPSA) is 59.6 Å². The first kappa shape index (κ1) is 25.6. The zero-order valence-electron chi connectivity index (χ0n) is 19.8. The van der Waals surface area contributed by atoms with Gasteiger partial charge in [0.15, 0.2) is 0 Å². The molecule has 0 fully saturated rings. The highest BCUT2D eigenvalue weighted by Gasteiger charge is 2.05. The molecule has 0 saturated heterocycles. The van der Waals surface area contributed by atoms with E-state index < -0.39 is 0 Å². The van der Waals surface area contributed by atoms with Crippen molar-refractivity contribution in [3.8, 4) is 11.5 Å². The van der Waals surface area contributed by atoms with Gasteiger partial charge in [0.2, 0.25) is 0 Å². The molecule has 5 nitrogen and oxygen atoms in total. The van der Waals surface area contributed by atoms with E-state index in [9.17, 15) is 4.79 Å². The van der Waals surface area contributed by atoms with Crippen molar-refractivity contribution >= 4 is 17.4 Å². The first-order valence-electron chi connectivity index (χ1n) is 12.2. The van der Waals surface area contributed by atoms with Crippen LogP contribution in [0.3, 0.4) is 0 Å². The standard InChI is InChI=1S/C27H40N2O3/c1-3-5-7-9-11-19-31-25-17-13-15-23(21-25)28-27(30)29-24-16-14-18-26(22-24)32-20-12-10-8-6-4-2/h13-18,21-22H,3-12,19-20H2,1-2H3,(H2,28,29,30). The van der Waals surface area contributed by atoms with Gasteiger partial charge in [-0.15, -0.1) is 0 Å². The van der Waals surface area contributed by atoms with Crippen LogP contribution in [0, 0.1) is 0 Å². The highest BCUT2D eigenvalue weighted by Crippen LogP contribution is 2.20. The average Bonchev–Trinajstić information content (AvgIpc) is 2.79.